The van der Waals surface area contributed by atoms with E-state index in [2.05, 4.69) is 25.7 Å². The summed E-state index contributed by atoms with van der Waals surface area (Å²) in [4.78, 5) is 15.4. The molecule has 0 aliphatic heterocycles. The normalized spacial score (nSPS) is 10.6. The summed E-state index contributed by atoms with van der Waals surface area (Å²) in [7, 11) is 3.06. The lowest BCUT2D eigenvalue weighted by molar-refractivity contribution is 0.187. The van der Waals surface area contributed by atoms with Gasteiger partial charge in [-0.15, -0.1) is 24.0 Å². The topological polar surface area (TPSA) is 74.8 Å². The van der Waals surface area contributed by atoms with E-state index < -0.39 is 6.09 Å². The van der Waals surface area contributed by atoms with Crippen molar-refractivity contribution in [3.05, 3.63) is 64.7 Å². The van der Waals surface area contributed by atoms with Gasteiger partial charge in [-0.05, 0) is 35.7 Å². The monoisotopic (exact) mass is 502 g/mol. The molecule has 0 aromatic heterocycles. The average molecular weight is 503 g/mol. The maximum absolute atomic E-state index is 11.2. The summed E-state index contributed by atoms with van der Waals surface area (Å²) in [5, 5.41) is 9.91. The van der Waals surface area contributed by atoms with Crippen LogP contribution in [0.2, 0.25) is 5.02 Å². The fourth-order valence-electron chi connectivity index (χ4n) is 2.30. The van der Waals surface area contributed by atoms with Crippen LogP contribution in [0.15, 0.2) is 53.5 Å². The number of guanidine groups is 1. The van der Waals surface area contributed by atoms with E-state index >= 15 is 0 Å². The van der Waals surface area contributed by atoms with Crippen molar-refractivity contribution in [1.82, 2.24) is 10.6 Å². The van der Waals surface area contributed by atoms with Gasteiger partial charge in [-0.2, -0.15) is 0 Å². The predicted molar refractivity (Wildman–Crippen MR) is 121 cm³/mol. The molecule has 27 heavy (non-hydrogen) atoms. The molecule has 3 N–H and O–H groups in total. The van der Waals surface area contributed by atoms with Crippen LogP contribution in [0.3, 0.4) is 0 Å². The highest BCUT2D eigenvalue weighted by atomic mass is 127. The molecular formula is C19H24ClIN4O2. The number of amides is 1. The summed E-state index contributed by atoms with van der Waals surface area (Å²) >= 11 is 6.16. The summed E-state index contributed by atoms with van der Waals surface area (Å²) in [5.74, 6) is 0.716. The van der Waals surface area contributed by atoms with E-state index in [1.807, 2.05) is 48.5 Å². The first-order valence-electron chi connectivity index (χ1n) is 8.24. The van der Waals surface area contributed by atoms with Gasteiger partial charge in [-0.3, -0.25) is 10.3 Å². The molecule has 0 bridgehead atoms. The Balaban J connectivity index is 0.00000364. The van der Waals surface area contributed by atoms with Gasteiger partial charge in [-0.1, -0.05) is 41.9 Å². The Morgan fingerprint density at radius 3 is 2.44 bits per heavy atom. The van der Waals surface area contributed by atoms with Gasteiger partial charge < -0.3 is 15.4 Å². The van der Waals surface area contributed by atoms with Crippen molar-refractivity contribution in [2.45, 2.75) is 13.0 Å². The quantitative estimate of drug-likeness (QED) is 0.317. The molecule has 2 aromatic carbocycles. The third kappa shape index (κ3) is 8.04. The molecule has 6 nitrogen and oxygen atoms in total. The van der Waals surface area contributed by atoms with Gasteiger partial charge in [0.15, 0.2) is 5.96 Å². The molecule has 2 rings (SSSR count). The molecule has 146 valence electrons. The van der Waals surface area contributed by atoms with Gasteiger partial charge in [0.05, 0.1) is 7.11 Å². The highest BCUT2D eigenvalue weighted by Crippen LogP contribution is 2.14. The van der Waals surface area contributed by atoms with Crippen molar-refractivity contribution in [3.63, 3.8) is 0 Å². The molecule has 1 amide bonds. The van der Waals surface area contributed by atoms with Crippen LogP contribution in [-0.4, -0.2) is 32.8 Å². The zero-order valence-corrected chi connectivity index (χ0v) is 18.4. The minimum absolute atomic E-state index is 0. The largest absolute Gasteiger partial charge is 0.453 e. The SMILES string of the molecule is CN=C(NCCc1ccccc1Cl)NCc1ccc(NC(=O)OC)cc1.I. The fraction of sp³-hybridized carbons (Fsp3) is 0.263. The molecule has 0 aliphatic rings. The molecule has 0 unspecified atom stereocenters. The number of methoxy groups -OCH3 is 1. The van der Waals surface area contributed by atoms with Crippen LogP contribution in [0.25, 0.3) is 0 Å². The third-order valence-electron chi connectivity index (χ3n) is 3.71. The third-order valence-corrected chi connectivity index (χ3v) is 4.08. The molecule has 0 atom stereocenters. The van der Waals surface area contributed by atoms with Gasteiger partial charge in [0.1, 0.15) is 0 Å². The Morgan fingerprint density at radius 2 is 1.81 bits per heavy atom. The number of benzene rings is 2. The maximum atomic E-state index is 11.2. The molecule has 0 saturated heterocycles. The summed E-state index contributed by atoms with van der Waals surface area (Å²) < 4.78 is 4.56. The van der Waals surface area contributed by atoms with Crippen LogP contribution < -0.4 is 16.0 Å². The van der Waals surface area contributed by atoms with E-state index in [9.17, 15) is 4.79 Å². The Morgan fingerprint density at radius 1 is 1.11 bits per heavy atom. The van der Waals surface area contributed by atoms with Crippen molar-refractivity contribution in [3.8, 4) is 0 Å². The lowest BCUT2D eigenvalue weighted by Gasteiger charge is -2.13. The van der Waals surface area contributed by atoms with E-state index in [-0.39, 0.29) is 24.0 Å². The minimum Gasteiger partial charge on any atom is -0.453 e. The van der Waals surface area contributed by atoms with Gasteiger partial charge in [0.25, 0.3) is 0 Å². The number of nitrogens with one attached hydrogen (secondary N) is 3. The molecule has 0 radical (unpaired) electrons. The first-order chi connectivity index (χ1) is 12.6. The molecular weight excluding hydrogens is 479 g/mol. The molecule has 0 saturated carbocycles. The molecule has 8 heteroatoms. The summed E-state index contributed by atoms with van der Waals surface area (Å²) in [6.07, 6.45) is 0.327. The van der Waals surface area contributed by atoms with Crippen LogP contribution >= 0.6 is 35.6 Å². The second-order valence-corrected chi connectivity index (χ2v) is 5.91. The summed E-state index contributed by atoms with van der Waals surface area (Å²) in [6, 6.07) is 15.3. The Hall–Kier alpha value is -2.00. The number of carbonyl (C=O) groups is 1. The predicted octanol–water partition coefficient (Wildman–Crippen LogP) is 4.04. The van der Waals surface area contributed by atoms with E-state index in [4.69, 9.17) is 11.6 Å². The summed E-state index contributed by atoms with van der Waals surface area (Å²) in [6.45, 7) is 1.34. The van der Waals surface area contributed by atoms with Crippen molar-refractivity contribution in [1.29, 1.82) is 0 Å². The number of rotatable bonds is 6. The lowest BCUT2D eigenvalue weighted by atomic mass is 10.1. The number of carbonyl (C=O) groups excluding carboxylic acids is 1. The van der Waals surface area contributed by atoms with Crippen LogP contribution in [0.5, 0.6) is 0 Å². The summed E-state index contributed by atoms with van der Waals surface area (Å²) in [5.41, 5.74) is 2.85. The first-order valence-corrected chi connectivity index (χ1v) is 8.62. The minimum atomic E-state index is -0.487. The van der Waals surface area contributed by atoms with Gasteiger partial charge in [0.2, 0.25) is 0 Å². The van der Waals surface area contributed by atoms with Crippen LogP contribution in [0.1, 0.15) is 11.1 Å². The second kappa shape index (κ2) is 12.4. The van der Waals surface area contributed by atoms with Crippen molar-refractivity contribution in [2.24, 2.45) is 4.99 Å². The van der Waals surface area contributed by atoms with Gasteiger partial charge in [0, 0.05) is 30.8 Å². The van der Waals surface area contributed by atoms with Crippen molar-refractivity contribution >= 4 is 53.3 Å². The highest BCUT2D eigenvalue weighted by molar-refractivity contribution is 14.0. The molecule has 2 aromatic rings. The maximum Gasteiger partial charge on any atom is 0.411 e. The number of halogens is 2. The number of ether oxygens (including phenoxy) is 1. The van der Waals surface area contributed by atoms with E-state index in [0.29, 0.717) is 18.2 Å². The van der Waals surface area contributed by atoms with Crippen LogP contribution in [0.4, 0.5) is 10.5 Å². The molecule has 0 heterocycles. The van der Waals surface area contributed by atoms with Crippen molar-refractivity contribution in [2.75, 3.05) is 26.0 Å². The molecule has 0 aliphatic carbocycles. The molecule has 0 fully saturated rings. The second-order valence-electron chi connectivity index (χ2n) is 5.51. The number of hydrogen-bond donors (Lipinski definition) is 3. The van der Waals surface area contributed by atoms with E-state index in [1.54, 1.807) is 7.05 Å². The first kappa shape index (κ1) is 23.0. The number of hydrogen-bond acceptors (Lipinski definition) is 3. The smallest absolute Gasteiger partial charge is 0.411 e. The van der Waals surface area contributed by atoms with E-state index in [0.717, 1.165) is 29.1 Å². The van der Waals surface area contributed by atoms with Crippen LogP contribution in [0, 0.1) is 0 Å². The number of anilines is 1. The highest BCUT2D eigenvalue weighted by Gasteiger charge is 2.03. The van der Waals surface area contributed by atoms with E-state index in [1.165, 1.54) is 7.11 Å². The zero-order valence-electron chi connectivity index (χ0n) is 15.3. The Bertz CT molecular complexity index is 754. The van der Waals surface area contributed by atoms with Crippen molar-refractivity contribution < 1.29 is 9.53 Å². The number of nitrogens with zero attached hydrogens (tertiary/aromatic N) is 1. The Labute approximate surface area is 181 Å². The zero-order chi connectivity index (χ0) is 18.8. The van der Waals surface area contributed by atoms with Gasteiger partial charge in [-0.25, -0.2) is 4.79 Å². The molecule has 0 spiro atoms. The lowest BCUT2D eigenvalue weighted by Crippen LogP contribution is -2.37. The number of aliphatic imine (C=N–C) groups is 1. The van der Waals surface area contributed by atoms with Crippen LogP contribution in [-0.2, 0) is 17.7 Å². The standard InChI is InChI=1S/C19H23ClN4O2.HI/c1-21-18(22-12-11-15-5-3-4-6-17(15)20)23-13-14-7-9-16(10-8-14)24-19(25)26-2;/h3-10H,11-13H2,1-2H3,(H,24,25)(H2,21,22,23);1H. The van der Waals surface area contributed by atoms with Gasteiger partial charge >= 0.3 is 6.09 Å². The average Bonchev–Trinajstić information content (AvgIpc) is 2.67. The Kier molecular flexibility index (Phi) is 10.6. The fourth-order valence-corrected chi connectivity index (χ4v) is 2.53.